The summed E-state index contributed by atoms with van der Waals surface area (Å²) in [5, 5.41) is 5.38. The van der Waals surface area contributed by atoms with Crippen LogP contribution in [0.5, 0.6) is 0 Å². The highest BCUT2D eigenvalue weighted by Crippen LogP contribution is 2.47. The minimum Gasteiger partial charge on any atom is -0.255 e. The molecule has 0 spiro atoms. The van der Waals surface area contributed by atoms with E-state index < -0.39 is 8.07 Å². The Hall–Kier alpha value is -2.49. The predicted octanol–water partition coefficient (Wildman–Crippen LogP) is 10.0. The number of pyridine rings is 1. The van der Waals surface area contributed by atoms with E-state index >= 15 is 0 Å². The van der Waals surface area contributed by atoms with Crippen molar-refractivity contribution in [3.8, 4) is 11.3 Å². The van der Waals surface area contributed by atoms with Crippen molar-refractivity contribution in [2.75, 3.05) is 0 Å². The van der Waals surface area contributed by atoms with Crippen LogP contribution in [0.4, 0.5) is 0 Å². The molecule has 1 fully saturated rings. The highest BCUT2D eigenvalue weighted by molar-refractivity contribution is 7.26. The van der Waals surface area contributed by atoms with E-state index in [1.165, 1.54) is 66.5 Å². The van der Waals surface area contributed by atoms with Gasteiger partial charge in [-0.1, -0.05) is 82.7 Å². The van der Waals surface area contributed by atoms with Crippen molar-refractivity contribution in [3.63, 3.8) is 0 Å². The van der Waals surface area contributed by atoms with E-state index in [2.05, 4.69) is 95.4 Å². The molecular weight excluding hydrogens is 459 g/mol. The number of benzene rings is 3. The zero-order chi connectivity index (χ0) is 24.5. The summed E-state index contributed by atoms with van der Waals surface area (Å²) in [5.74, 6) is 0. The molecule has 1 saturated heterocycles. The standard InChI is InChI=1S/C32H35NSSi/c1-20-23(28-12-9-17-35(28,5)6)13-14-25-26-15-16-33-29(31(26)34-30(20)25)22-18-21-10-7-8-11-24(21)27(19-22)32(2,3)4/h7-8,10-11,13-16,18-19,28H,9,12,17H2,1-6H3. The highest BCUT2D eigenvalue weighted by Gasteiger charge is 2.38. The van der Waals surface area contributed by atoms with Crippen molar-refractivity contribution in [1.29, 1.82) is 0 Å². The van der Waals surface area contributed by atoms with Crippen LogP contribution in [-0.4, -0.2) is 13.1 Å². The van der Waals surface area contributed by atoms with E-state index in [0.717, 1.165) is 11.2 Å². The van der Waals surface area contributed by atoms with Crippen molar-refractivity contribution < 1.29 is 0 Å². The summed E-state index contributed by atoms with van der Waals surface area (Å²) in [4.78, 5) is 4.97. The van der Waals surface area contributed by atoms with Gasteiger partial charge >= 0.3 is 0 Å². The van der Waals surface area contributed by atoms with E-state index in [0.29, 0.717) is 0 Å². The summed E-state index contributed by atoms with van der Waals surface area (Å²) in [5.41, 5.74) is 7.73. The second-order valence-corrected chi connectivity index (χ2v) is 18.4. The van der Waals surface area contributed by atoms with Crippen LogP contribution < -0.4 is 0 Å². The summed E-state index contributed by atoms with van der Waals surface area (Å²) in [6.07, 6.45) is 4.78. The molecule has 1 unspecified atom stereocenters. The van der Waals surface area contributed by atoms with Crippen LogP contribution >= 0.6 is 11.3 Å². The van der Waals surface area contributed by atoms with Crippen LogP contribution in [0.3, 0.4) is 0 Å². The molecule has 0 aliphatic carbocycles. The van der Waals surface area contributed by atoms with Crippen LogP contribution in [0.15, 0.2) is 60.8 Å². The zero-order valence-electron chi connectivity index (χ0n) is 21.8. The van der Waals surface area contributed by atoms with Crippen LogP contribution in [0.2, 0.25) is 19.1 Å². The van der Waals surface area contributed by atoms with Crippen molar-refractivity contribution in [3.05, 3.63) is 77.5 Å². The SMILES string of the molecule is Cc1c(C2CCC[Si]2(C)C)ccc2c1sc1c(-c3cc(C(C)(C)C)c4ccccc4c3)nccc12. The molecule has 3 aromatic carbocycles. The quantitative estimate of drug-likeness (QED) is 0.223. The fraction of sp³-hybridized carbons (Fsp3) is 0.344. The van der Waals surface area contributed by atoms with E-state index in [1.54, 1.807) is 5.56 Å². The first-order valence-corrected chi connectivity index (χ1v) is 17.1. The number of rotatable bonds is 2. The Morgan fingerprint density at radius 3 is 2.43 bits per heavy atom. The average Bonchev–Trinajstić information content (AvgIpc) is 3.38. The van der Waals surface area contributed by atoms with Crippen molar-refractivity contribution in [1.82, 2.24) is 4.98 Å². The Labute approximate surface area is 214 Å². The van der Waals surface area contributed by atoms with Gasteiger partial charge in [-0.2, -0.15) is 0 Å². The maximum atomic E-state index is 4.97. The lowest BCUT2D eigenvalue weighted by atomic mass is 9.82. The molecular formula is C32H35NSSi. The normalized spacial score (nSPS) is 18.2. The number of thiophene rings is 1. The molecule has 1 nitrogen and oxygen atoms in total. The average molecular weight is 494 g/mol. The van der Waals surface area contributed by atoms with Gasteiger partial charge in [0.25, 0.3) is 0 Å². The van der Waals surface area contributed by atoms with Crippen LogP contribution in [0, 0.1) is 6.92 Å². The lowest BCUT2D eigenvalue weighted by Crippen LogP contribution is -2.29. The molecule has 0 saturated carbocycles. The van der Waals surface area contributed by atoms with Gasteiger partial charge in [0, 0.05) is 27.2 Å². The van der Waals surface area contributed by atoms with E-state index in [4.69, 9.17) is 4.98 Å². The van der Waals surface area contributed by atoms with Crippen LogP contribution in [0.1, 0.15) is 55.8 Å². The number of hydrogen-bond donors (Lipinski definition) is 0. The zero-order valence-corrected chi connectivity index (χ0v) is 23.6. The fourth-order valence-corrected chi connectivity index (χ4v) is 11.4. The second kappa shape index (κ2) is 8.01. The smallest absolute Gasteiger partial charge is 0.0880 e. The molecule has 6 rings (SSSR count). The van der Waals surface area contributed by atoms with Crippen LogP contribution in [0.25, 0.3) is 42.2 Å². The Morgan fingerprint density at radius 2 is 1.69 bits per heavy atom. The molecule has 1 aliphatic heterocycles. The molecule has 1 aliphatic rings. The Kier molecular flexibility index (Phi) is 5.25. The third kappa shape index (κ3) is 3.67. The highest BCUT2D eigenvalue weighted by atomic mass is 32.1. The van der Waals surface area contributed by atoms with E-state index in [9.17, 15) is 0 Å². The van der Waals surface area contributed by atoms with Gasteiger partial charge in [0.2, 0.25) is 0 Å². The minimum absolute atomic E-state index is 0.0626. The molecule has 3 heterocycles. The largest absolute Gasteiger partial charge is 0.255 e. The lowest BCUT2D eigenvalue weighted by Gasteiger charge is -2.27. The summed E-state index contributed by atoms with van der Waals surface area (Å²) in [7, 11) is -1.19. The molecule has 1 atom stereocenters. The molecule has 2 aromatic heterocycles. The predicted molar refractivity (Wildman–Crippen MR) is 158 cm³/mol. The Bertz CT molecular complexity index is 1600. The fourth-order valence-electron chi connectivity index (χ4n) is 6.47. The van der Waals surface area contributed by atoms with Crippen molar-refractivity contribution >= 4 is 50.4 Å². The van der Waals surface area contributed by atoms with E-state index in [1.807, 2.05) is 17.5 Å². The molecule has 0 N–H and O–H groups in total. The molecule has 5 aromatic rings. The van der Waals surface area contributed by atoms with Gasteiger partial charge in [-0.3, -0.25) is 4.98 Å². The van der Waals surface area contributed by atoms with Crippen LogP contribution in [-0.2, 0) is 5.41 Å². The summed E-state index contributed by atoms with van der Waals surface area (Å²) >= 11 is 1.95. The van der Waals surface area contributed by atoms with Gasteiger partial charge in [-0.05, 0) is 70.0 Å². The van der Waals surface area contributed by atoms with Gasteiger partial charge in [0.1, 0.15) is 0 Å². The van der Waals surface area contributed by atoms with Gasteiger partial charge < -0.3 is 0 Å². The van der Waals surface area contributed by atoms with Gasteiger partial charge in [0.15, 0.2) is 0 Å². The first-order chi connectivity index (χ1) is 16.6. The minimum atomic E-state index is -1.19. The maximum Gasteiger partial charge on any atom is 0.0880 e. The van der Waals surface area contributed by atoms with Crippen molar-refractivity contribution in [2.24, 2.45) is 0 Å². The number of aromatic nitrogens is 1. The molecule has 0 amide bonds. The number of fused-ring (bicyclic) bond motifs is 4. The third-order valence-corrected chi connectivity index (χ3v) is 13.9. The van der Waals surface area contributed by atoms with Gasteiger partial charge in [-0.25, -0.2) is 0 Å². The summed E-state index contributed by atoms with van der Waals surface area (Å²) in [6.45, 7) is 14.5. The molecule has 3 heteroatoms. The maximum absolute atomic E-state index is 4.97. The number of nitrogens with zero attached hydrogens (tertiary/aromatic N) is 1. The Balaban J connectivity index is 1.59. The van der Waals surface area contributed by atoms with E-state index in [-0.39, 0.29) is 5.41 Å². The molecule has 0 radical (unpaired) electrons. The summed E-state index contributed by atoms with van der Waals surface area (Å²) in [6, 6.07) is 22.1. The summed E-state index contributed by atoms with van der Waals surface area (Å²) < 4.78 is 2.78. The van der Waals surface area contributed by atoms with Crippen molar-refractivity contribution in [2.45, 2.75) is 70.6 Å². The monoisotopic (exact) mass is 493 g/mol. The first kappa shape index (κ1) is 22.9. The topological polar surface area (TPSA) is 12.9 Å². The van der Waals surface area contributed by atoms with Gasteiger partial charge in [0.05, 0.1) is 18.5 Å². The molecule has 35 heavy (non-hydrogen) atoms. The lowest BCUT2D eigenvalue weighted by molar-refractivity contribution is 0.596. The number of hydrogen-bond acceptors (Lipinski definition) is 2. The first-order valence-electron chi connectivity index (χ1n) is 13.0. The second-order valence-electron chi connectivity index (χ2n) is 12.2. The van der Waals surface area contributed by atoms with Gasteiger partial charge in [-0.15, -0.1) is 11.3 Å². The molecule has 0 bridgehead atoms. The third-order valence-electron chi connectivity index (χ3n) is 8.42. The number of aryl methyl sites for hydroxylation is 1. The molecule has 178 valence electrons. The Morgan fingerprint density at radius 1 is 0.914 bits per heavy atom.